The van der Waals surface area contributed by atoms with Crippen LogP contribution in [0.5, 0.6) is 0 Å². The minimum Gasteiger partial charge on any atom is -0.354 e. The number of aryl methyl sites for hydroxylation is 2. The molecule has 6 heteroatoms. The van der Waals surface area contributed by atoms with Gasteiger partial charge in [0.25, 0.3) is 0 Å². The molecule has 1 fully saturated rings. The summed E-state index contributed by atoms with van der Waals surface area (Å²) in [6.07, 6.45) is 1.77. The summed E-state index contributed by atoms with van der Waals surface area (Å²) in [5, 5.41) is 0.855. The number of piperazine rings is 1. The molecule has 0 amide bonds. The summed E-state index contributed by atoms with van der Waals surface area (Å²) in [5.74, 6) is 1.60. The first-order valence-electron chi connectivity index (χ1n) is 8.91. The Kier molecular flexibility index (Phi) is 4.51. The molecule has 0 unspecified atom stereocenters. The molecule has 0 atom stereocenters. The molecule has 3 heterocycles. The predicted molar refractivity (Wildman–Crippen MR) is 101 cm³/mol. The quantitative estimate of drug-likeness (QED) is 0.726. The van der Waals surface area contributed by atoms with E-state index in [0.29, 0.717) is 6.54 Å². The van der Waals surface area contributed by atoms with E-state index in [1.54, 1.807) is 18.3 Å². The van der Waals surface area contributed by atoms with Gasteiger partial charge in [0.05, 0.1) is 5.52 Å². The van der Waals surface area contributed by atoms with Gasteiger partial charge in [-0.15, -0.1) is 0 Å². The number of hydrogen-bond acceptors (Lipinski definition) is 5. The highest BCUT2D eigenvalue weighted by molar-refractivity contribution is 5.81. The Bertz CT molecular complexity index is 914. The number of hydrogen-bond donors (Lipinski definition) is 0. The van der Waals surface area contributed by atoms with Crippen molar-refractivity contribution in [2.75, 3.05) is 31.1 Å². The minimum atomic E-state index is -0.203. The summed E-state index contributed by atoms with van der Waals surface area (Å²) in [4.78, 5) is 18.0. The van der Waals surface area contributed by atoms with Gasteiger partial charge in [-0.2, -0.15) is 0 Å². The van der Waals surface area contributed by atoms with Crippen molar-refractivity contribution in [1.29, 1.82) is 0 Å². The van der Waals surface area contributed by atoms with Crippen LogP contribution in [0.4, 0.5) is 10.2 Å². The first-order chi connectivity index (χ1) is 12.6. The van der Waals surface area contributed by atoms with Crippen molar-refractivity contribution in [3.8, 4) is 0 Å². The molecule has 0 spiro atoms. The zero-order valence-electron chi connectivity index (χ0n) is 15.1. The molecule has 26 heavy (non-hydrogen) atoms. The van der Waals surface area contributed by atoms with Gasteiger partial charge in [-0.25, -0.2) is 14.4 Å². The van der Waals surface area contributed by atoms with E-state index < -0.39 is 0 Å². The van der Waals surface area contributed by atoms with Gasteiger partial charge in [-0.3, -0.25) is 9.88 Å². The molecule has 134 valence electrons. The summed E-state index contributed by atoms with van der Waals surface area (Å²) >= 11 is 0. The Hall–Kier alpha value is -2.60. The van der Waals surface area contributed by atoms with E-state index in [1.807, 2.05) is 32.0 Å². The molecule has 2 aromatic heterocycles. The first-order valence-corrected chi connectivity index (χ1v) is 8.91. The van der Waals surface area contributed by atoms with Crippen LogP contribution in [0.3, 0.4) is 0 Å². The molecule has 1 aromatic carbocycles. The number of benzene rings is 1. The maximum absolute atomic E-state index is 13.9. The van der Waals surface area contributed by atoms with Crippen molar-refractivity contribution in [2.45, 2.75) is 20.4 Å². The lowest BCUT2D eigenvalue weighted by atomic mass is 10.1. The van der Waals surface area contributed by atoms with Crippen molar-refractivity contribution < 1.29 is 4.39 Å². The molecule has 1 aliphatic rings. The van der Waals surface area contributed by atoms with Crippen molar-refractivity contribution in [2.24, 2.45) is 0 Å². The van der Waals surface area contributed by atoms with Gasteiger partial charge >= 0.3 is 0 Å². The number of fused-ring (bicyclic) bond motifs is 1. The third-order valence-corrected chi connectivity index (χ3v) is 4.79. The smallest absolute Gasteiger partial charge is 0.132 e. The highest BCUT2D eigenvalue weighted by Crippen LogP contribution is 2.21. The number of rotatable bonds is 3. The highest BCUT2D eigenvalue weighted by Gasteiger charge is 2.20. The van der Waals surface area contributed by atoms with Gasteiger partial charge in [0.2, 0.25) is 0 Å². The van der Waals surface area contributed by atoms with Crippen molar-refractivity contribution in [1.82, 2.24) is 19.9 Å². The number of pyridine rings is 1. The zero-order valence-corrected chi connectivity index (χ0v) is 15.1. The summed E-state index contributed by atoms with van der Waals surface area (Å²) in [6, 6.07) is 8.94. The fourth-order valence-corrected chi connectivity index (χ4v) is 3.58. The first kappa shape index (κ1) is 16.8. The Balaban J connectivity index is 1.48. The highest BCUT2D eigenvalue weighted by atomic mass is 19.1. The maximum Gasteiger partial charge on any atom is 0.132 e. The van der Waals surface area contributed by atoms with Gasteiger partial charge in [-0.1, -0.05) is 6.07 Å². The summed E-state index contributed by atoms with van der Waals surface area (Å²) in [5.41, 5.74) is 2.83. The molecule has 0 N–H and O–H groups in total. The van der Waals surface area contributed by atoms with Gasteiger partial charge in [0.1, 0.15) is 17.5 Å². The molecule has 0 saturated carbocycles. The third-order valence-electron chi connectivity index (χ3n) is 4.79. The Morgan fingerprint density at radius 3 is 2.62 bits per heavy atom. The van der Waals surface area contributed by atoms with Crippen molar-refractivity contribution in [3.63, 3.8) is 0 Å². The van der Waals surface area contributed by atoms with E-state index >= 15 is 0 Å². The molecule has 0 aliphatic carbocycles. The molecule has 4 rings (SSSR count). The fraction of sp³-hybridized carbons (Fsp3) is 0.350. The van der Waals surface area contributed by atoms with Gasteiger partial charge in [-0.05, 0) is 37.6 Å². The molecular weight excluding hydrogens is 329 g/mol. The third kappa shape index (κ3) is 3.51. The van der Waals surface area contributed by atoms with E-state index in [4.69, 9.17) is 0 Å². The summed E-state index contributed by atoms with van der Waals surface area (Å²) < 4.78 is 13.9. The molecular formula is C20H22FN5. The normalized spacial score (nSPS) is 15.6. The van der Waals surface area contributed by atoms with Crippen LogP contribution < -0.4 is 4.90 Å². The Morgan fingerprint density at radius 2 is 1.85 bits per heavy atom. The van der Waals surface area contributed by atoms with Gasteiger partial charge in [0, 0.05) is 56.1 Å². The minimum absolute atomic E-state index is 0.203. The summed E-state index contributed by atoms with van der Waals surface area (Å²) in [6.45, 7) is 8.25. The number of aromatic nitrogens is 3. The molecule has 1 aliphatic heterocycles. The molecule has 0 radical (unpaired) electrons. The number of nitrogens with zero attached hydrogens (tertiary/aromatic N) is 5. The standard InChI is InChI=1S/C20H22FN5/c1-14-10-19(24-15(2)23-14)26-8-6-25(7-9-26)13-17-12-18(21)11-16-4-3-5-22-20(16)17/h3-5,10-12H,6-9,13H2,1-2H3. The van der Waals surface area contributed by atoms with E-state index in [2.05, 4.69) is 24.8 Å². The van der Waals surface area contributed by atoms with Crippen LogP contribution in [-0.2, 0) is 6.54 Å². The topological polar surface area (TPSA) is 45.2 Å². The van der Waals surface area contributed by atoms with Gasteiger partial charge < -0.3 is 4.90 Å². The van der Waals surface area contributed by atoms with E-state index in [9.17, 15) is 4.39 Å². The van der Waals surface area contributed by atoms with Crippen LogP contribution in [0.1, 0.15) is 17.1 Å². The largest absolute Gasteiger partial charge is 0.354 e. The van der Waals surface area contributed by atoms with Crippen LogP contribution >= 0.6 is 0 Å². The van der Waals surface area contributed by atoms with Crippen LogP contribution in [-0.4, -0.2) is 46.0 Å². The lowest BCUT2D eigenvalue weighted by molar-refractivity contribution is 0.249. The molecule has 3 aromatic rings. The number of anilines is 1. The summed E-state index contributed by atoms with van der Waals surface area (Å²) in [7, 11) is 0. The van der Waals surface area contributed by atoms with Gasteiger partial charge in [0.15, 0.2) is 0 Å². The monoisotopic (exact) mass is 351 g/mol. The SMILES string of the molecule is Cc1cc(N2CCN(Cc3cc(F)cc4cccnc34)CC2)nc(C)n1. The predicted octanol–water partition coefficient (Wildman–Crippen LogP) is 3.10. The van der Waals surface area contributed by atoms with Crippen LogP contribution in [0.25, 0.3) is 10.9 Å². The second-order valence-corrected chi connectivity index (χ2v) is 6.82. The fourth-order valence-electron chi connectivity index (χ4n) is 3.58. The lowest BCUT2D eigenvalue weighted by Crippen LogP contribution is -2.46. The molecule has 1 saturated heterocycles. The number of halogens is 1. The maximum atomic E-state index is 13.9. The molecule has 0 bridgehead atoms. The van der Waals surface area contributed by atoms with E-state index in [0.717, 1.165) is 60.0 Å². The molecule has 5 nitrogen and oxygen atoms in total. The Morgan fingerprint density at radius 1 is 1.04 bits per heavy atom. The van der Waals surface area contributed by atoms with Crippen LogP contribution in [0, 0.1) is 19.7 Å². The second kappa shape index (κ2) is 6.96. The zero-order chi connectivity index (χ0) is 18.1. The second-order valence-electron chi connectivity index (χ2n) is 6.82. The Labute approximate surface area is 152 Å². The van der Waals surface area contributed by atoms with Crippen molar-refractivity contribution in [3.05, 3.63) is 59.4 Å². The lowest BCUT2D eigenvalue weighted by Gasteiger charge is -2.35. The van der Waals surface area contributed by atoms with E-state index in [-0.39, 0.29) is 5.82 Å². The van der Waals surface area contributed by atoms with Crippen molar-refractivity contribution >= 4 is 16.7 Å². The average molecular weight is 351 g/mol. The van der Waals surface area contributed by atoms with Crippen LogP contribution in [0.15, 0.2) is 36.5 Å². The van der Waals surface area contributed by atoms with Crippen LogP contribution in [0.2, 0.25) is 0 Å². The average Bonchev–Trinajstić information content (AvgIpc) is 2.61. The van der Waals surface area contributed by atoms with E-state index in [1.165, 1.54) is 0 Å².